The molecule has 0 aliphatic heterocycles. The van der Waals surface area contributed by atoms with Gasteiger partial charge in [0.25, 0.3) is 0 Å². The van der Waals surface area contributed by atoms with Gasteiger partial charge in [-0.3, -0.25) is 0 Å². The predicted molar refractivity (Wildman–Crippen MR) is 74.5 cm³/mol. The number of nitriles is 1. The van der Waals surface area contributed by atoms with Crippen molar-refractivity contribution in [2.75, 3.05) is 0 Å². The molecule has 0 aliphatic rings. The second-order valence-electron chi connectivity index (χ2n) is 4.57. The summed E-state index contributed by atoms with van der Waals surface area (Å²) >= 11 is 0. The Morgan fingerprint density at radius 3 is 2.55 bits per heavy atom. The first-order valence-corrected chi connectivity index (χ1v) is 6.27. The summed E-state index contributed by atoms with van der Waals surface area (Å²) in [5.74, 6) is 0.244. The zero-order valence-corrected chi connectivity index (χ0v) is 11.1. The lowest BCUT2D eigenvalue weighted by Crippen LogP contribution is -2.08. The molecule has 0 bridgehead atoms. The number of ether oxygens (including phenoxy) is 1. The summed E-state index contributed by atoms with van der Waals surface area (Å²) in [5, 5.41) is 8.73. The predicted octanol–water partition coefficient (Wildman–Crippen LogP) is 3.30. The Balaban J connectivity index is 2.12. The maximum absolute atomic E-state index is 13.2. The van der Waals surface area contributed by atoms with Crippen LogP contribution in [-0.4, -0.2) is 0 Å². The van der Waals surface area contributed by atoms with Gasteiger partial charge >= 0.3 is 0 Å². The highest BCUT2D eigenvalue weighted by Gasteiger charge is 2.09. The van der Waals surface area contributed by atoms with Gasteiger partial charge in [-0.1, -0.05) is 12.1 Å². The minimum absolute atomic E-state index is 0.304. The van der Waals surface area contributed by atoms with Crippen molar-refractivity contribution < 1.29 is 9.13 Å². The van der Waals surface area contributed by atoms with Crippen LogP contribution < -0.4 is 10.5 Å². The third-order valence-corrected chi connectivity index (χ3v) is 2.94. The van der Waals surface area contributed by atoms with E-state index in [0.29, 0.717) is 23.5 Å². The first-order valence-electron chi connectivity index (χ1n) is 6.27. The van der Waals surface area contributed by atoms with Gasteiger partial charge in [-0.05, 0) is 42.8 Å². The Hall–Kier alpha value is -2.38. The summed E-state index contributed by atoms with van der Waals surface area (Å²) in [7, 11) is 0. The van der Waals surface area contributed by atoms with Gasteiger partial charge in [-0.25, -0.2) is 4.39 Å². The topological polar surface area (TPSA) is 59.0 Å². The van der Waals surface area contributed by atoms with Crippen molar-refractivity contribution >= 4 is 0 Å². The summed E-state index contributed by atoms with van der Waals surface area (Å²) < 4.78 is 18.9. The van der Waals surface area contributed by atoms with Crippen LogP contribution in [0.25, 0.3) is 0 Å². The number of nitrogens with two attached hydrogens (primary N) is 1. The van der Waals surface area contributed by atoms with E-state index in [1.54, 1.807) is 25.1 Å². The van der Waals surface area contributed by atoms with E-state index in [0.717, 1.165) is 5.56 Å². The van der Waals surface area contributed by atoms with Gasteiger partial charge in [0.2, 0.25) is 0 Å². The monoisotopic (exact) mass is 270 g/mol. The Labute approximate surface area is 117 Å². The molecule has 1 atom stereocenters. The van der Waals surface area contributed by atoms with E-state index in [1.807, 2.05) is 12.1 Å². The number of benzene rings is 2. The van der Waals surface area contributed by atoms with E-state index < -0.39 is 0 Å². The fraction of sp³-hybridized carbons (Fsp3) is 0.188. The molecule has 0 saturated heterocycles. The quantitative estimate of drug-likeness (QED) is 0.927. The van der Waals surface area contributed by atoms with Crippen molar-refractivity contribution in [3.63, 3.8) is 0 Å². The summed E-state index contributed by atoms with van der Waals surface area (Å²) in [6, 6.07) is 13.2. The van der Waals surface area contributed by atoms with Crippen molar-refractivity contribution in [1.82, 2.24) is 0 Å². The van der Waals surface area contributed by atoms with Crippen molar-refractivity contribution in [3.8, 4) is 11.8 Å². The van der Waals surface area contributed by atoms with Crippen molar-refractivity contribution in [1.29, 1.82) is 5.26 Å². The zero-order valence-electron chi connectivity index (χ0n) is 11.1. The van der Waals surface area contributed by atoms with Crippen LogP contribution in [0.5, 0.6) is 5.75 Å². The van der Waals surface area contributed by atoms with Gasteiger partial charge in [-0.2, -0.15) is 5.26 Å². The van der Waals surface area contributed by atoms with Gasteiger partial charge < -0.3 is 10.5 Å². The second kappa shape index (κ2) is 6.18. The van der Waals surface area contributed by atoms with E-state index in [9.17, 15) is 4.39 Å². The number of halogens is 1. The lowest BCUT2D eigenvalue weighted by molar-refractivity contribution is 0.301. The third-order valence-electron chi connectivity index (χ3n) is 2.94. The zero-order chi connectivity index (χ0) is 14.5. The molecule has 2 N–H and O–H groups in total. The van der Waals surface area contributed by atoms with Crippen molar-refractivity contribution in [3.05, 3.63) is 65.0 Å². The molecule has 0 heterocycles. The lowest BCUT2D eigenvalue weighted by atomic mass is 10.1. The second-order valence-corrected chi connectivity index (χ2v) is 4.57. The largest absolute Gasteiger partial charge is 0.489 e. The molecule has 2 aromatic rings. The first kappa shape index (κ1) is 14.0. The third kappa shape index (κ3) is 3.34. The highest BCUT2D eigenvalue weighted by molar-refractivity contribution is 5.37. The molecular weight excluding hydrogens is 255 g/mol. The van der Waals surface area contributed by atoms with Crippen LogP contribution >= 0.6 is 0 Å². The fourth-order valence-electron chi connectivity index (χ4n) is 1.84. The van der Waals surface area contributed by atoms with Crippen molar-refractivity contribution in [2.24, 2.45) is 5.73 Å². The normalized spacial score (nSPS) is 11.7. The highest BCUT2D eigenvalue weighted by Crippen LogP contribution is 2.25. The Morgan fingerprint density at radius 1 is 1.25 bits per heavy atom. The molecule has 2 rings (SSSR count). The van der Waals surface area contributed by atoms with E-state index >= 15 is 0 Å². The summed E-state index contributed by atoms with van der Waals surface area (Å²) in [6.45, 7) is 2.13. The highest BCUT2D eigenvalue weighted by atomic mass is 19.1. The van der Waals surface area contributed by atoms with Crippen LogP contribution in [0.2, 0.25) is 0 Å². The van der Waals surface area contributed by atoms with Crippen LogP contribution in [0.4, 0.5) is 4.39 Å². The van der Waals surface area contributed by atoms with Crippen molar-refractivity contribution in [2.45, 2.75) is 19.6 Å². The molecule has 0 unspecified atom stereocenters. The number of rotatable bonds is 4. The SMILES string of the molecule is C[C@H](N)c1cc(F)ccc1OCc1ccc(C#N)cc1. The van der Waals surface area contributed by atoms with Crippen LogP contribution in [0, 0.1) is 17.1 Å². The smallest absolute Gasteiger partial charge is 0.124 e. The molecule has 102 valence electrons. The Bertz CT molecular complexity index is 630. The molecule has 0 aromatic heterocycles. The fourth-order valence-corrected chi connectivity index (χ4v) is 1.84. The Morgan fingerprint density at radius 2 is 1.95 bits per heavy atom. The molecule has 0 spiro atoms. The van der Waals surface area contributed by atoms with Crippen LogP contribution in [0.15, 0.2) is 42.5 Å². The molecular formula is C16H15FN2O. The van der Waals surface area contributed by atoms with E-state index in [2.05, 4.69) is 6.07 Å². The molecule has 3 nitrogen and oxygen atoms in total. The van der Waals surface area contributed by atoms with Gasteiger partial charge in [0, 0.05) is 11.6 Å². The lowest BCUT2D eigenvalue weighted by Gasteiger charge is -2.14. The molecule has 2 aromatic carbocycles. The Kier molecular flexibility index (Phi) is 4.34. The van der Waals surface area contributed by atoms with E-state index in [1.165, 1.54) is 12.1 Å². The average molecular weight is 270 g/mol. The van der Waals surface area contributed by atoms with Crippen LogP contribution in [0.1, 0.15) is 29.7 Å². The molecule has 0 fully saturated rings. The van der Waals surface area contributed by atoms with Gasteiger partial charge in [0.15, 0.2) is 0 Å². The van der Waals surface area contributed by atoms with E-state index in [4.69, 9.17) is 15.7 Å². The first-order chi connectivity index (χ1) is 9.60. The molecule has 0 saturated carbocycles. The molecule has 0 aliphatic carbocycles. The van der Waals surface area contributed by atoms with Crippen LogP contribution in [0.3, 0.4) is 0 Å². The average Bonchev–Trinajstić information content (AvgIpc) is 2.46. The maximum atomic E-state index is 13.2. The molecule has 20 heavy (non-hydrogen) atoms. The summed E-state index contributed by atoms with van der Waals surface area (Å²) in [5.41, 5.74) is 7.98. The number of hydrogen-bond donors (Lipinski definition) is 1. The molecule has 4 heteroatoms. The summed E-state index contributed by atoms with van der Waals surface area (Å²) in [6.07, 6.45) is 0. The molecule has 0 amide bonds. The number of nitrogens with zero attached hydrogens (tertiary/aromatic N) is 1. The molecule has 0 radical (unpaired) electrons. The minimum Gasteiger partial charge on any atom is -0.489 e. The van der Waals surface area contributed by atoms with Gasteiger partial charge in [0.1, 0.15) is 18.2 Å². The number of hydrogen-bond acceptors (Lipinski definition) is 3. The van der Waals surface area contributed by atoms with E-state index in [-0.39, 0.29) is 11.9 Å². The maximum Gasteiger partial charge on any atom is 0.124 e. The standard InChI is InChI=1S/C16H15FN2O/c1-11(19)15-8-14(17)6-7-16(15)20-10-13-4-2-12(9-18)3-5-13/h2-8,11H,10,19H2,1H3/t11-/m0/s1. The minimum atomic E-state index is -0.331. The van der Waals surface area contributed by atoms with Crippen LogP contribution in [-0.2, 0) is 6.61 Å². The summed E-state index contributed by atoms with van der Waals surface area (Å²) in [4.78, 5) is 0. The van der Waals surface area contributed by atoms with Gasteiger partial charge in [-0.15, -0.1) is 0 Å². The van der Waals surface area contributed by atoms with Gasteiger partial charge in [0.05, 0.1) is 11.6 Å².